The number of thiocarbonyl (C=S) groups is 1. The van der Waals surface area contributed by atoms with Gasteiger partial charge in [0.25, 0.3) is 5.69 Å². The molecule has 0 heterocycles. The minimum absolute atomic E-state index is 0.0259. The van der Waals surface area contributed by atoms with Crippen molar-refractivity contribution >= 4 is 23.1 Å². The van der Waals surface area contributed by atoms with Crippen molar-refractivity contribution in [3.8, 4) is 17.2 Å². The number of benzene rings is 2. The Balaban J connectivity index is 1.99. The highest BCUT2D eigenvalue weighted by molar-refractivity contribution is 7.79. The summed E-state index contributed by atoms with van der Waals surface area (Å²) < 4.78 is 15.7. The molecule has 6 nitrogen and oxygen atoms in total. The molecule has 0 bridgehead atoms. The molecule has 0 saturated heterocycles. The van der Waals surface area contributed by atoms with Crippen LogP contribution in [0.5, 0.6) is 17.2 Å². The summed E-state index contributed by atoms with van der Waals surface area (Å²) in [6, 6.07) is 12.4. The van der Waals surface area contributed by atoms with Crippen molar-refractivity contribution in [2.75, 3.05) is 7.11 Å². The summed E-state index contributed by atoms with van der Waals surface area (Å²) in [6.07, 6.45) is 0. The van der Waals surface area contributed by atoms with Gasteiger partial charge in [0.1, 0.15) is 17.2 Å². The lowest BCUT2D eigenvalue weighted by molar-refractivity contribution is -0.384. The van der Waals surface area contributed by atoms with E-state index in [1.807, 2.05) is 0 Å². The van der Waals surface area contributed by atoms with Gasteiger partial charge in [0.2, 0.25) is 0 Å². The quantitative estimate of drug-likeness (QED) is 0.490. The average Bonchev–Trinajstić information content (AvgIpc) is 2.47. The molecular formula is C14H11NO5S. The molecule has 0 fully saturated rings. The summed E-state index contributed by atoms with van der Waals surface area (Å²) in [6.45, 7) is 0. The van der Waals surface area contributed by atoms with Crippen LogP contribution in [0.4, 0.5) is 5.69 Å². The van der Waals surface area contributed by atoms with Gasteiger partial charge in [0, 0.05) is 30.4 Å². The SMILES string of the molecule is COc1cccc(OC(=S)Oc2ccc([N+](=O)[O-])cc2)c1. The van der Waals surface area contributed by atoms with E-state index in [9.17, 15) is 10.1 Å². The van der Waals surface area contributed by atoms with E-state index in [1.54, 1.807) is 31.4 Å². The Morgan fingerprint density at radius 3 is 2.29 bits per heavy atom. The van der Waals surface area contributed by atoms with Gasteiger partial charge >= 0.3 is 5.24 Å². The van der Waals surface area contributed by atoms with Crippen molar-refractivity contribution in [2.24, 2.45) is 0 Å². The van der Waals surface area contributed by atoms with Crippen molar-refractivity contribution < 1.29 is 19.1 Å². The van der Waals surface area contributed by atoms with Crippen LogP contribution in [0.15, 0.2) is 48.5 Å². The smallest absolute Gasteiger partial charge is 0.363 e. The van der Waals surface area contributed by atoms with E-state index < -0.39 is 4.92 Å². The Hall–Kier alpha value is -2.67. The van der Waals surface area contributed by atoms with Crippen molar-refractivity contribution in [3.05, 3.63) is 58.6 Å². The summed E-state index contributed by atoms with van der Waals surface area (Å²) in [4.78, 5) is 10.0. The summed E-state index contributed by atoms with van der Waals surface area (Å²) in [5, 5.41) is 10.4. The fourth-order valence-corrected chi connectivity index (χ4v) is 1.71. The van der Waals surface area contributed by atoms with E-state index in [4.69, 9.17) is 26.4 Å². The number of methoxy groups -OCH3 is 1. The van der Waals surface area contributed by atoms with Crippen LogP contribution >= 0.6 is 12.2 Å². The van der Waals surface area contributed by atoms with Crippen LogP contribution in [-0.4, -0.2) is 17.3 Å². The Morgan fingerprint density at radius 1 is 1.05 bits per heavy atom. The minimum Gasteiger partial charge on any atom is -0.497 e. The van der Waals surface area contributed by atoms with E-state index in [0.29, 0.717) is 17.2 Å². The maximum Gasteiger partial charge on any atom is 0.363 e. The lowest BCUT2D eigenvalue weighted by atomic mass is 10.3. The maximum atomic E-state index is 10.5. The van der Waals surface area contributed by atoms with Crippen LogP contribution in [0.25, 0.3) is 0 Å². The van der Waals surface area contributed by atoms with Crippen molar-refractivity contribution in [3.63, 3.8) is 0 Å². The molecule has 108 valence electrons. The number of ether oxygens (including phenoxy) is 3. The highest BCUT2D eigenvalue weighted by atomic mass is 32.1. The summed E-state index contributed by atoms with van der Waals surface area (Å²) >= 11 is 4.96. The maximum absolute atomic E-state index is 10.5. The second-order valence-electron chi connectivity index (χ2n) is 3.88. The summed E-state index contributed by atoms with van der Waals surface area (Å²) in [7, 11) is 1.55. The average molecular weight is 305 g/mol. The Labute approximate surface area is 126 Å². The van der Waals surface area contributed by atoms with Gasteiger partial charge in [0.05, 0.1) is 12.0 Å². The van der Waals surface area contributed by atoms with Crippen molar-refractivity contribution in [1.29, 1.82) is 0 Å². The number of nitro groups is 1. The number of rotatable bonds is 4. The lowest BCUT2D eigenvalue weighted by Crippen LogP contribution is -2.13. The summed E-state index contributed by atoms with van der Waals surface area (Å²) in [5.74, 6) is 1.46. The zero-order chi connectivity index (χ0) is 15.2. The fourth-order valence-electron chi connectivity index (χ4n) is 1.51. The van der Waals surface area contributed by atoms with Gasteiger partial charge in [-0.25, -0.2) is 0 Å². The van der Waals surface area contributed by atoms with Gasteiger partial charge in [-0.2, -0.15) is 0 Å². The zero-order valence-electron chi connectivity index (χ0n) is 11.0. The Kier molecular flexibility index (Phi) is 4.68. The third-order valence-electron chi connectivity index (χ3n) is 2.49. The number of non-ortho nitro benzene ring substituents is 1. The molecule has 0 aliphatic heterocycles. The molecule has 0 radical (unpaired) electrons. The first kappa shape index (κ1) is 14.7. The molecule has 0 saturated carbocycles. The van der Waals surface area contributed by atoms with Gasteiger partial charge in [-0.05, 0) is 24.3 Å². The molecule has 0 spiro atoms. The number of nitro benzene ring substituents is 1. The molecule has 2 rings (SSSR count). The number of nitrogens with zero attached hydrogens (tertiary/aromatic N) is 1. The predicted octanol–water partition coefficient (Wildman–Crippen LogP) is 3.35. The van der Waals surface area contributed by atoms with Crippen LogP contribution in [0, 0.1) is 10.1 Å². The molecule has 21 heavy (non-hydrogen) atoms. The molecule has 7 heteroatoms. The predicted molar refractivity (Wildman–Crippen MR) is 79.9 cm³/mol. The largest absolute Gasteiger partial charge is 0.497 e. The van der Waals surface area contributed by atoms with Gasteiger partial charge in [-0.15, -0.1) is 0 Å². The second kappa shape index (κ2) is 6.67. The summed E-state index contributed by atoms with van der Waals surface area (Å²) in [5.41, 5.74) is -0.0259. The van der Waals surface area contributed by atoms with E-state index in [-0.39, 0.29) is 10.9 Å². The van der Waals surface area contributed by atoms with Crippen LogP contribution in [-0.2, 0) is 0 Å². The Bertz CT molecular complexity index is 657. The first-order valence-electron chi connectivity index (χ1n) is 5.86. The molecule has 2 aromatic carbocycles. The third-order valence-corrected chi connectivity index (χ3v) is 2.66. The van der Waals surface area contributed by atoms with Gasteiger partial charge < -0.3 is 14.2 Å². The van der Waals surface area contributed by atoms with Crippen molar-refractivity contribution in [2.45, 2.75) is 0 Å². The first-order chi connectivity index (χ1) is 10.1. The topological polar surface area (TPSA) is 70.8 Å². The Morgan fingerprint density at radius 2 is 1.67 bits per heavy atom. The van der Waals surface area contributed by atoms with Gasteiger partial charge in [0.15, 0.2) is 0 Å². The first-order valence-corrected chi connectivity index (χ1v) is 6.27. The molecular weight excluding hydrogens is 294 g/mol. The molecule has 0 N–H and O–H groups in total. The number of hydrogen-bond donors (Lipinski definition) is 0. The van der Waals surface area contributed by atoms with E-state index in [2.05, 4.69) is 0 Å². The highest BCUT2D eigenvalue weighted by Crippen LogP contribution is 2.21. The molecule has 0 aliphatic rings. The molecule has 2 aromatic rings. The van der Waals surface area contributed by atoms with Crippen LogP contribution in [0.1, 0.15) is 0 Å². The highest BCUT2D eigenvalue weighted by Gasteiger charge is 2.08. The minimum atomic E-state index is -0.491. The monoisotopic (exact) mass is 305 g/mol. The standard InChI is InChI=1S/C14H11NO5S/c1-18-12-3-2-4-13(9-12)20-14(21)19-11-7-5-10(6-8-11)15(16)17/h2-9H,1H3. The fraction of sp³-hybridized carbons (Fsp3) is 0.0714. The zero-order valence-corrected chi connectivity index (χ0v) is 11.8. The number of hydrogen-bond acceptors (Lipinski definition) is 6. The second-order valence-corrected chi connectivity index (χ2v) is 4.22. The van der Waals surface area contributed by atoms with Gasteiger partial charge in [-0.3, -0.25) is 10.1 Å². The molecule has 0 aliphatic carbocycles. The lowest BCUT2D eigenvalue weighted by Gasteiger charge is -2.09. The normalized spacial score (nSPS) is 9.76. The van der Waals surface area contributed by atoms with Crippen LogP contribution in [0.2, 0.25) is 0 Å². The molecule has 0 atom stereocenters. The van der Waals surface area contributed by atoms with E-state index >= 15 is 0 Å². The third kappa shape index (κ3) is 4.15. The van der Waals surface area contributed by atoms with E-state index in [1.165, 1.54) is 24.3 Å². The molecule has 0 unspecified atom stereocenters. The van der Waals surface area contributed by atoms with Crippen molar-refractivity contribution in [1.82, 2.24) is 0 Å². The molecule has 0 aromatic heterocycles. The van der Waals surface area contributed by atoms with Gasteiger partial charge in [-0.1, -0.05) is 6.07 Å². The van der Waals surface area contributed by atoms with Crippen LogP contribution in [0.3, 0.4) is 0 Å². The molecule has 0 amide bonds. The van der Waals surface area contributed by atoms with Crippen LogP contribution < -0.4 is 14.2 Å². The van der Waals surface area contributed by atoms with E-state index in [0.717, 1.165) is 0 Å².